The van der Waals surface area contributed by atoms with Gasteiger partial charge in [-0.2, -0.15) is 0 Å². The first-order chi connectivity index (χ1) is 14.8. The van der Waals surface area contributed by atoms with E-state index in [0.717, 1.165) is 11.8 Å². The molecule has 0 radical (unpaired) electrons. The summed E-state index contributed by atoms with van der Waals surface area (Å²) in [6.07, 6.45) is 31.5. The molecular formula is C25H51B4N. The molecule has 1 aliphatic heterocycles. The fraction of sp³-hybridized carbons (Fsp3) is 1.00. The van der Waals surface area contributed by atoms with Gasteiger partial charge in [0.25, 0.3) is 0 Å². The number of hydrogen-bond donors (Lipinski definition) is 0. The summed E-state index contributed by atoms with van der Waals surface area (Å²) in [7, 11) is 7.07. The summed E-state index contributed by atoms with van der Waals surface area (Å²) in [5, 5.41) is 0.619. The van der Waals surface area contributed by atoms with E-state index in [1.165, 1.54) is 163 Å². The Labute approximate surface area is 192 Å². The Morgan fingerprint density at radius 2 is 1.10 bits per heavy atom. The lowest BCUT2D eigenvalue weighted by molar-refractivity contribution is 0.483. The van der Waals surface area contributed by atoms with Gasteiger partial charge in [-0.1, -0.05) is 133 Å². The van der Waals surface area contributed by atoms with Gasteiger partial charge in [0.1, 0.15) is 14.4 Å². The maximum absolute atomic E-state index is 2.95. The summed E-state index contributed by atoms with van der Waals surface area (Å²) >= 11 is 0. The first kappa shape index (κ1) is 24.9. The highest BCUT2D eigenvalue weighted by Crippen LogP contribution is 2.38. The highest BCUT2D eigenvalue weighted by atomic mass is 15.1. The number of nitrogens with zero attached hydrogens (tertiary/aromatic N) is 1. The molecule has 0 aromatic rings. The molecule has 3 rings (SSSR count). The Morgan fingerprint density at radius 3 is 1.67 bits per heavy atom. The summed E-state index contributed by atoms with van der Waals surface area (Å²) in [6, 6.07) is 0. The van der Waals surface area contributed by atoms with E-state index >= 15 is 0 Å². The lowest BCUT2D eigenvalue weighted by Gasteiger charge is -2.35. The Balaban J connectivity index is 1.46. The molecule has 30 heavy (non-hydrogen) atoms. The van der Waals surface area contributed by atoms with E-state index in [9.17, 15) is 0 Å². The fourth-order valence-corrected chi connectivity index (χ4v) is 7.01. The summed E-state index contributed by atoms with van der Waals surface area (Å²) < 4.78 is 0. The van der Waals surface area contributed by atoms with Crippen LogP contribution in [0.5, 0.6) is 0 Å². The summed E-state index contributed by atoms with van der Waals surface area (Å²) in [6.45, 7) is 1.40. The Bertz CT molecular complexity index is 425. The molecule has 0 aromatic heterocycles. The minimum absolute atomic E-state index is 0.619. The van der Waals surface area contributed by atoms with E-state index in [1.807, 2.05) is 0 Å². The van der Waals surface area contributed by atoms with E-state index in [0.29, 0.717) is 5.21 Å². The van der Waals surface area contributed by atoms with Gasteiger partial charge in [0, 0.05) is 0 Å². The topological polar surface area (TPSA) is 3.24 Å². The first-order valence-corrected chi connectivity index (χ1v) is 14.5. The zero-order chi connectivity index (χ0) is 20.9. The monoisotopic (exact) mass is 409 g/mol. The third-order valence-electron chi connectivity index (χ3n) is 9.09. The van der Waals surface area contributed by atoms with Gasteiger partial charge >= 0.3 is 0 Å². The van der Waals surface area contributed by atoms with Gasteiger partial charge in [0.05, 0.1) is 7.85 Å². The van der Waals surface area contributed by atoms with Gasteiger partial charge in [-0.25, -0.2) is 0 Å². The maximum Gasteiger partial charge on any atom is 0.165 e. The highest BCUT2D eigenvalue weighted by molar-refractivity contribution is 7.00. The van der Waals surface area contributed by atoms with Gasteiger partial charge in [0.15, 0.2) is 7.31 Å². The molecule has 5 heteroatoms. The van der Waals surface area contributed by atoms with E-state index < -0.39 is 0 Å². The lowest BCUT2D eigenvalue weighted by Crippen LogP contribution is -2.44. The van der Waals surface area contributed by atoms with Crippen LogP contribution in [0.15, 0.2) is 0 Å². The van der Waals surface area contributed by atoms with Crippen LogP contribution in [0.4, 0.5) is 0 Å². The number of rotatable bonds is 5. The zero-order valence-electron chi connectivity index (χ0n) is 20.8. The van der Waals surface area contributed by atoms with Crippen molar-refractivity contribution in [2.24, 2.45) is 0 Å². The third-order valence-corrected chi connectivity index (χ3v) is 9.09. The lowest BCUT2D eigenvalue weighted by atomic mass is 9.33. The molecule has 1 saturated heterocycles. The van der Waals surface area contributed by atoms with Crippen molar-refractivity contribution in [3.8, 4) is 0 Å². The van der Waals surface area contributed by atoms with Crippen LogP contribution in [0.3, 0.4) is 0 Å². The van der Waals surface area contributed by atoms with Gasteiger partial charge in [-0.15, -0.1) is 0 Å². The van der Waals surface area contributed by atoms with Crippen LogP contribution >= 0.6 is 0 Å². The molecule has 0 spiro atoms. The number of hydrogen-bond acceptors (Lipinski definition) is 1. The van der Waals surface area contributed by atoms with E-state index in [4.69, 9.17) is 0 Å². The molecule has 0 amide bonds. The van der Waals surface area contributed by atoms with Crippen molar-refractivity contribution in [3.05, 3.63) is 0 Å². The minimum Gasteiger partial charge on any atom is -0.356 e. The molecule has 0 bridgehead atoms. The van der Waals surface area contributed by atoms with Crippen LogP contribution in [-0.4, -0.2) is 46.9 Å². The quantitative estimate of drug-likeness (QED) is 0.541. The summed E-state index contributed by atoms with van der Waals surface area (Å²) in [4.78, 5) is 2.95. The second-order valence-electron chi connectivity index (χ2n) is 11.9. The zero-order valence-corrected chi connectivity index (χ0v) is 20.8. The Morgan fingerprint density at radius 1 is 0.600 bits per heavy atom. The van der Waals surface area contributed by atoms with Crippen LogP contribution in [0.1, 0.15) is 135 Å². The van der Waals surface area contributed by atoms with E-state index in [2.05, 4.69) is 12.7 Å². The van der Waals surface area contributed by atoms with E-state index in [1.54, 1.807) is 0 Å². The molecule has 1 heterocycles. The van der Waals surface area contributed by atoms with Crippen molar-refractivity contribution in [1.29, 1.82) is 0 Å². The molecule has 0 N–H and O–H groups in total. The Kier molecular flexibility index (Phi) is 11.9. The second-order valence-corrected chi connectivity index (χ2v) is 11.9. The predicted octanol–water partition coefficient (Wildman–Crippen LogP) is 5.52. The fourth-order valence-electron chi connectivity index (χ4n) is 7.01. The predicted molar refractivity (Wildman–Crippen MR) is 144 cm³/mol. The maximum atomic E-state index is 2.95. The van der Waals surface area contributed by atoms with Crippen molar-refractivity contribution in [2.75, 3.05) is 6.54 Å². The van der Waals surface area contributed by atoms with Crippen molar-refractivity contribution < 1.29 is 0 Å². The van der Waals surface area contributed by atoms with Crippen LogP contribution in [0.25, 0.3) is 0 Å². The average Bonchev–Trinajstić information content (AvgIpc) is 3.16. The van der Waals surface area contributed by atoms with Crippen molar-refractivity contribution in [2.45, 2.75) is 152 Å². The van der Waals surface area contributed by atoms with Crippen molar-refractivity contribution >= 4 is 29.6 Å². The molecule has 2 saturated carbocycles. The smallest absolute Gasteiger partial charge is 0.165 e. The molecule has 2 aliphatic carbocycles. The Hall–Kier alpha value is 0.220. The van der Waals surface area contributed by atoms with Crippen molar-refractivity contribution in [3.63, 3.8) is 0 Å². The van der Waals surface area contributed by atoms with Crippen LogP contribution in [-0.2, 0) is 0 Å². The molecule has 1 unspecified atom stereocenters. The summed E-state index contributed by atoms with van der Waals surface area (Å²) in [5.74, 6) is 1.93. The molecule has 168 valence electrons. The van der Waals surface area contributed by atoms with Gasteiger partial charge < -0.3 is 4.81 Å². The van der Waals surface area contributed by atoms with Crippen LogP contribution < -0.4 is 0 Å². The molecule has 1 atom stereocenters. The second kappa shape index (κ2) is 14.4. The minimum atomic E-state index is 0.619. The van der Waals surface area contributed by atoms with Gasteiger partial charge in [0.2, 0.25) is 0 Å². The highest BCUT2D eigenvalue weighted by Gasteiger charge is 2.34. The standard InChI is InChI=1S/C25H51B4N/c26-25(20-14-10-6-1-2-7-11-15-21-25)27-24-19-16-22-30(24)29-28-23-17-12-8-4-3-5-9-13-18-23/h23-24,27-29H,1-22,26H2. The normalized spacial score (nSPS) is 28.9. The molecule has 1 nitrogen and oxygen atoms in total. The van der Waals surface area contributed by atoms with Crippen LogP contribution in [0.2, 0.25) is 11.0 Å². The largest absolute Gasteiger partial charge is 0.356 e. The molecule has 0 aromatic carbocycles. The average molecular weight is 409 g/mol. The molecule has 3 aliphatic rings. The first-order valence-electron chi connectivity index (χ1n) is 14.5. The molecular weight excluding hydrogens is 358 g/mol. The van der Waals surface area contributed by atoms with Gasteiger partial charge in [-0.3, -0.25) is 0 Å². The van der Waals surface area contributed by atoms with Gasteiger partial charge in [-0.05, 0) is 25.3 Å². The van der Waals surface area contributed by atoms with E-state index in [-0.39, 0.29) is 0 Å². The van der Waals surface area contributed by atoms with Crippen LogP contribution in [0, 0.1) is 0 Å². The molecule has 3 fully saturated rings. The summed E-state index contributed by atoms with van der Waals surface area (Å²) in [5.41, 5.74) is 0. The third kappa shape index (κ3) is 9.38. The van der Waals surface area contributed by atoms with Crippen molar-refractivity contribution in [1.82, 2.24) is 4.81 Å². The SMILES string of the molecule is BC1(BC2CCCN2BBC2CCCCCCCCC2)CCCCCCCCCC1.